The molecule has 0 fully saturated rings. The molecule has 2 aromatic rings. The number of aliphatic hydroxyl groups is 1. The van der Waals surface area contributed by atoms with Gasteiger partial charge >= 0.3 is 6.18 Å². The highest BCUT2D eigenvalue weighted by atomic mass is 19.4. The molecule has 21 heavy (non-hydrogen) atoms. The van der Waals surface area contributed by atoms with E-state index in [9.17, 15) is 22.7 Å². The van der Waals surface area contributed by atoms with Crippen molar-refractivity contribution >= 4 is 0 Å². The Kier molecular flexibility index (Phi) is 3.20. The van der Waals surface area contributed by atoms with Crippen LogP contribution in [0.5, 0.6) is 0 Å². The number of hydrogen-bond acceptors (Lipinski definition) is 3. The maximum atomic E-state index is 13.9. The highest BCUT2D eigenvalue weighted by Crippen LogP contribution is 2.41. The van der Waals surface area contributed by atoms with Gasteiger partial charge in [0, 0.05) is 6.42 Å². The lowest BCUT2D eigenvalue weighted by Crippen LogP contribution is -2.22. The van der Waals surface area contributed by atoms with Gasteiger partial charge in [0.05, 0.1) is 6.04 Å². The van der Waals surface area contributed by atoms with E-state index in [1.165, 1.54) is 0 Å². The minimum atomic E-state index is -4.88. The van der Waals surface area contributed by atoms with Gasteiger partial charge in [-0.1, -0.05) is 30.3 Å². The third kappa shape index (κ3) is 2.39. The number of aliphatic hydroxyl groups excluding tert-OH is 1. The zero-order chi connectivity index (χ0) is 15.2. The minimum absolute atomic E-state index is 0.0712. The standard InChI is InChI=1S/C13H11F4N3O/c14-8-6-9(7-4-2-1-3-5-7)20-12(8)18-11(19-20)10(21)13(15,16)17/h1-5,8-10,21H,6H2/t8?,9?,10-/m0/s1. The van der Waals surface area contributed by atoms with Gasteiger partial charge in [-0.05, 0) is 5.56 Å². The summed E-state index contributed by atoms with van der Waals surface area (Å²) in [5.41, 5.74) is 0.733. The van der Waals surface area contributed by atoms with Crippen LogP contribution in [0.2, 0.25) is 0 Å². The fourth-order valence-corrected chi connectivity index (χ4v) is 2.41. The number of benzene rings is 1. The summed E-state index contributed by atoms with van der Waals surface area (Å²) in [4.78, 5) is 3.52. The third-order valence-corrected chi connectivity index (χ3v) is 3.42. The molecule has 0 radical (unpaired) electrons. The van der Waals surface area contributed by atoms with Crippen LogP contribution in [0.25, 0.3) is 0 Å². The zero-order valence-corrected chi connectivity index (χ0v) is 10.6. The molecule has 3 atom stereocenters. The summed E-state index contributed by atoms with van der Waals surface area (Å²) in [6.45, 7) is 0. The van der Waals surface area contributed by atoms with Gasteiger partial charge in [-0.2, -0.15) is 18.3 Å². The van der Waals surface area contributed by atoms with E-state index < -0.39 is 30.3 Å². The van der Waals surface area contributed by atoms with E-state index in [-0.39, 0.29) is 12.2 Å². The lowest BCUT2D eigenvalue weighted by atomic mass is 10.0. The molecular weight excluding hydrogens is 290 g/mol. The zero-order valence-electron chi connectivity index (χ0n) is 10.6. The summed E-state index contributed by atoms with van der Waals surface area (Å²) in [5.74, 6) is -0.997. The lowest BCUT2D eigenvalue weighted by molar-refractivity contribution is -0.209. The van der Waals surface area contributed by atoms with Gasteiger partial charge in [0.25, 0.3) is 0 Å². The Morgan fingerprint density at radius 3 is 2.52 bits per heavy atom. The minimum Gasteiger partial charge on any atom is -0.377 e. The number of alkyl halides is 4. The highest BCUT2D eigenvalue weighted by molar-refractivity contribution is 5.23. The quantitative estimate of drug-likeness (QED) is 0.868. The van der Waals surface area contributed by atoms with E-state index in [0.717, 1.165) is 10.2 Å². The second kappa shape index (κ2) is 4.80. The van der Waals surface area contributed by atoms with Crippen LogP contribution in [0, 0.1) is 0 Å². The van der Waals surface area contributed by atoms with Gasteiger partial charge in [0.1, 0.15) is 0 Å². The van der Waals surface area contributed by atoms with Crippen LogP contribution in [-0.2, 0) is 0 Å². The molecule has 1 aromatic heterocycles. The second-order valence-corrected chi connectivity index (χ2v) is 4.85. The largest absolute Gasteiger partial charge is 0.421 e. The van der Waals surface area contributed by atoms with E-state index in [2.05, 4.69) is 10.1 Å². The van der Waals surface area contributed by atoms with Crippen molar-refractivity contribution in [3.63, 3.8) is 0 Å². The average Bonchev–Trinajstić information content (AvgIpc) is 2.99. The molecule has 2 unspecified atom stereocenters. The maximum Gasteiger partial charge on any atom is 0.421 e. The molecular formula is C13H11F4N3O. The Morgan fingerprint density at radius 1 is 1.24 bits per heavy atom. The van der Waals surface area contributed by atoms with Crippen LogP contribution in [0.3, 0.4) is 0 Å². The molecule has 0 amide bonds. The molecule has 8 heteroatoms. The van der Waals surface area contributed by atoms with Crippen molar-refractivity contribution in [1.82, 2.24) is 14.8 Å². The number of nitrogens with zero attached hydrogens (tertiary/aromatic N) is 3. The number of fused-ring (bicyclic) bond motifs is 1. The lowest BCUT2D eigenvalue weighted by Gasteiger charge is -2.13. The maximum absolute atomic E-state index is 13.9. The van der Waals surface area contributed by atoms with Gasteiger partial charge < -0.3 is 5.11 Å². The van der Waals surface area contributed by atoms with E-state index in [4.69, 9.17) is 0 Å². The topological polar surface area (TPSA) is 50.9 Å². The molecule has 2 heterocycles. The first-order chi connectivity index (χ1) is 9.88. The van der Waals surface area contributed by atoms with Crippen molar-refractivity contribution in [3.8, 4) is 0 Å². The Morgan fingerprint density at radius 2 is 1.90 bits per heavy atom. The molecule has 0 spiro atoms. The van der Waals surface area contributed by atoms with E-state index in [1.807, 2.05) is 0 Å². The molecule has 0 aliphatic carbocycles. The van der Waals surface area contributed by atoms with Gasteiger partial charge in [0.2, 0.25) is 6.10 Å². The molecule has 1 aliphatic rings. The predicted molar refractivity (Wildman–Crippen MR) is 64.1 cm³/mol. The Hall–Kier alpha value is -1.96. The van der Waals surface area contributed by atoms with Crippen molar-refractivity contribution in [2.75, 3.05) is 0 Å². The highest BCUT2D eigenvalue weighted by Gasteiger charge is 2.44. The van der Waals surface area contributed by atoms with Gasteiger partial charge in [-0.25, -0.2) is 14.1 Å². The predicted octanol–water partition coefficient (Wildman–Crippen LogP) is 2.88. The summed E-state index contributed by atoms with van der Waals surface area (Å²) in [6, 6.07) is 8.26. The molecule has 3 rings (SSSR count). The molecule has 112 valence electrons. The summed E-state index contributed by atoms with van der Waals surface area (Å²) in [5, 5.41) is 12.8. The van der Waals surface area contributed by atoms with Gasteiger partial charge in [-0.3, -0.25) is 0 Å². The first kappa shape index (κ1) is 14.0. The van der Waals surface area contributed by atoms with Crippen molar-refractivity contribution in [1.29, 1.82) is 0 Å². The molecule has 1 aliphatic heterocycles. The molecule has 4 nitrogen and oxygen atoms in total. The van der Waals surface area contributed by atoms with Crippen LogP contribution in [-0.4, -0.2) is 26.0 Å². The monoisotopic (exact) mass is 301 g/mol. The third-order valence-electron chi connectivity index (χ3n) is 3.42. The number of hydrogen-bond donors (Lipinski definition) is 1. The Labute approximate surface area is 117 Å². The SMILES string of the molecule is O[C@@H](c1nc2n(n1)C(c1ccccc1)CC2F)C(F)(F)F. The molecule has 1 aromatic carbocycles. The summed E-state index contributed by atoms with van der Waals surface area (Å²) >= 11 is 0. The number of halogens is 4. The molecule has 1 N–H and O–H groups in total. The van der Waals surface area contributed by atoms with Crippen LogP contribution in [0.4, 0.5) is 17.6 Å². The van der Waals surface area contributed by atoms with Crippen molar-refractivity contribution < 1.29 is 22.7 Å². The summed E-state index contributed by atoms with van der Waals surface area (Å²) in [7, 11) is 0. The number of rotatable bonds is 2. The van der Waals surface area contributed by atoms with Crippen LogP contribution >= 0.6 is 0 Å². The Bertz CT molecular complexity index is 641. The van der Waals surface area contributed by atoms with E-state index in [1.54, 1.807) is 30.3 Å². The normalized spacial score (nSPS) is 23.1. The van der Waals surface area contributed by atoms with Crippen LogP contribution < -0.4 is 0 Å². The van der Waals surface area contributed by atoms with Crippen molar-refractivity contribution in [2.24, 2.45) is 0 Å². The van der Waals surface area contributed by atoms with Crippen LogP contribution in [0.15, 0.2) is 30.3 Å². The first-order valence-corrected chi connectivity index (χ1v) is 6.28. The van der Waals surface area contributed by atoms with Crippen LogP contribution in [0.1, 0.15) is 42.0 Å². The fourth-order valence-electron chi connectivity index (χ4n) is 2.41. The second-order valence-electron chi connectivity index (χ2n) is 4.85. The van der Waals surface area contributed by atoms with E-state index >= 15 is 0 Å². The summed E-state index contributed by atoms with van der Waals surface area (Å²) < 4.78 is 52.5. The van der Waals surface area contributed by atoms with E-state index in [0.29, 0.717) is 0 Å². The average molecular weight is 301 g/mol. The van der Waals surface area contributed by atoms with Crippen molar-refractivity contribution in [2.45, 2.75) is 30.9 Å². The fraction of sp³-hybridized carbons (Fsp3) is 0.385. The molecule has 0 saturated carbocycles. The van der Waals surface area contributed by atoms with Gasteiger partial charge in [-0.15, -0.1) is 0 Å². The number of aromatic nitrogens is 3. The smallest absolute Gasteiger partial charge is 0.377 e. The molecule has 0 saturated heterocycles. The molecule has 0 bridgehead atoms. The van der Waals surface area contributed by atoms with Crippen molar-refractivity contribution in [3.05, 3.63) is 47.5 Å². The van der Waals surface area contributed by atoms with Gasteiger partial charge in [0.15, 0.2) is 17.8 Å². The Balaban J connectivity index is 1.99. The first-order valence-electron chi connectivity index (χ1n) is 6.28. The summed E-state index contributed by atoms with van der Waals surface area (Å²) in [6.07, 6.45) is -9.12.